The maximum absolute atomic E-state index is 11.8. The van der Waals surface area contributed by atoms with Crippen molar-refractivity contribution in [2.24, 2.45) is 5.41 Å². The summed E-state index contributed by atoms with van der Waals surface area (Å²) >= 11 is 0. The molecule has 2 N–H and O–H groups in total. The van der Waals surface area contributed by atoms with Crippen molar-refractivity contribution in [2.75, 3.05) is 6.61 Å². The van der Waals surface area contributed by atoms with E-state index in [2.05, 4.69) is 5.32 Å². The molecule has 1 heterocycles. The topological polar surface area (TPSA) is 106 Å². The number of rotatable bonds is 5. The maximum atomic E-state index is 11.8. The summed E-state index contributed by atoms with van der Waals surface area (Å²) in [5.74, 6) is -1.20. The van der Waals surface area contributed by atoms with Crippen molar-refractivity contribution in [3.05, 3.63) is 28.0 Å². The molecule has 0 aliphatic rings. The number of hydrogen-bond acceptors (Lipinski definition) is 5. The van der Waals surface area contributed by atoms with Gasteiger partial charge in [0.1, 0.15) is 4.92 Å². The van der Waals surface area contributed by atoms with Crippen molar-refractivity contribution in [1.29, 1.82) is 0 Å². The van der Waals surface area contributed by atoms with Crippen molar-refractivity contribution in [3.63, 3.8) is 0 Å². The standard InChI is InChI=1S/C12H18N2O5/c1-12(2,3)6-8(7-15)13-11(16)9-4-5-10(19-9)14(17)18/h4-5,8,15H,6-7H2,1-3H3,(H,13,16). The molecule has 7 nitrogen and oxygen atoms in total. The molecule has 1 amide bonds. The number of aliphatic hydroxyl groups excluding tert-OH is 1. The van der Waals surface area contributed by atoms with Crippen molar-refractivity contribution in [3.8, 4) is 0 Å². The largest absolute Gasteiger partial charge is 0.433 e. The molecule has 1 aromatic heterocycles. The van der Waals surface area contributed by atoms with Gasteiger partial charge in [0, 0.05) is 0 Å². The number of amides is 1. The van der Waals surface area contributed by atoms with Crippen LogP contribution in [0.1, 0.15) is 37.7 Å². The minimum atomic E-state index is -0.713. The van der Waals surface area contributed by atoms with E-state index in [0.29, 0.717) is 6.42 Å². The van der Waals surface area contributed by atoms with Crippen molar-refractivity contribution < 1.29 is 19.2 Å². The van der Waals surface area contributed by atoms with E-state index in [-0.39, 0.29) is 17.8 Å². The summed E-state index contributed by atoms with van der Waals surface area (Å²) in [4.78, 5) is 21.5. The van der Waals surface area contributed by atoms with E-state index in [9.17, 15) is 20.0 Å². The highest BCUT2D eigenvalue weighted by atomic mass is 16.6. The number of furan rings is 1. The molecule has 0 aliphatic heterocycles. The van der Waals surface area contributed by atoms with E-state index in [1.54, 1.807) is 0 Å². The lowest BCUT2D eigenvalue weighted by Crippen LogP contribution is -2.39. The van der Waals surface area contributed by atoms with E-state index in [0.717, 1.165) is 6.07 Å². The Labute approximate surface area is 110 Å². The van der Waals surface area contributed by atoms with Crippen LogP contribution < -0.4 is 5.32 Å². The molecule has 0 radical (unpaired) electrons. The van der Waals surface area contributed by atoms with Crippen molar-refractivity contribution in [2.45, 2.75) is 33.2 Å². The number of nitrogens with zero attached hydrogens (tertiary/aromatic N) is 1. The monoisotopic (exact) mass is 270 g/mol. The molecule has 0 bridgehead atoms. The van der Waals surface area contributed by atoms with Crippen LogP contribution in [-0.4, -0.2) is 28.6 Å². The Morgan fingerprint density at radius 3 is 2.58 bits per heavy atom. The highest BCUT2D eigenvalue weighted by Crippen LogP contribution is 2.21. The zero-order valence-corrected chi connectivity index (χ0v) is 11.2. The Balaban J connectivity index is 2.69. The third-order valence-electron chi connectivity index (χ3n) is 2.41. The predicted octanol–water partition coefficient (Wildman–Crippen LogP) is 1.71. The van der Waals surface area contributed by atoms with Crippen LogP contribution in [0.2, 0.25) is 0 Å². The molecule has 0 aliphatic carbocycles. The molecule has 0 saturated carbocycles. The van der Waals surface area contributed by atoms with Gasteiger partial charge in [-0.1, -0.05) is 20.8 Å². The van der Waals surface area contributed by atoms with E-state index in [4.69, 9.17) is 4.42 Å². The predicted molar refractivity (Wildman–Crippen MR) is 67.8 cm³/mol. The normalized spacial score (nSPS) is 13.1. The first-order valence-electron chi connectivity index (χ1n) is 5.89. The van der Waals surface area contributed by atoms with Gasteiger partial charge in [0.15, 0.2) is 5.76 Å². The molecule has 106 valence electrons. The molecule has 0 saturated heterocycles. The SMILES string of the molecule is CC(C)(C)CC(CO)NC(=O)c1ccc([N+](=O)[O-])o1. The van der Waals surface area contributed by atoms with E-state index < -0.39 is 22.8 Å². The fourth-order valence-electron chi connectivity index (χ4n) is 1.70. The number of nitrogens with one attached hydrogen (secondary N) is 1. The summed E-state index contributed by atoms with van der Waals surface area (Å²) < 4.78 is 4.79. The van der Waals surface area contributed by atoms with Gasteiger partial charge in [0.05, 0.1) is 18.7 Å². The second-order valence-corrected chi connectivity index (χ2v) is 5.51. The molecule has 7 heteroatoms. The average Bonchev–Trinajstić information content (AvgIpc) is 2.75. The first-order valence-corrected chi connectivity index (χ1v) is 5.89. The minimum absolute atomic E-state index is 0.0597. The van der Waals surface area contributed by atoms with Gasteiger partial charge in [0.25, 0.3) is 5.91 Å². The van der Waals surface area contributed by atoms with Gasteiger partial charge in [-0.25, -0.2) is 0 Å². The summed E-state index contributed by atoms with van der Waals surface area (Å²) in [6.45, 7) is 5.75. The Bertz CT molecular complexity index is 461. The van der Waals surface area contributed by atoms with Gasteiger partial charge in [-0.2, -0.15) is 0 Å². The Kier molecular flexibility index (Phi) is 4.66. The summed E-state index contributed by atoms with van der Waals surface area (Å²) in [5, 5.41) is 22.3. The molecule has 0 aromatic carbocycles. The van der Waals surface area contributed by atoms with Gasteiger partial charge in [-0.05, 0) is 17.9 Å². The van der Waals surface area contributed by atoms with Crippen LogP contribution in [0.3, 0.4) is 0 Å². The van der Waals surface area contributed by atoms with Gasteiger partial charge in [-0.3, -0.25) is 14.9 Å². The summed E-state index contributed by atoms with van der Waals surface area (Å²) in [5.41, 5.74) is -0.0597. The summed E-state index contributed by atoms with van der Waals surface area (Å²) in [6, 6.07) is 1.93. The van der Waals surface area contributed by atoms with Crippen molar-refractivity contribution >= 4 is 11.8 Å². The minimum Gasteiger partial charge on any atom is -0.395 e. The van der Waals surface area contributed by atoms with Gasteiger partial charge in [0.2, 0.25) is 0 Å². The lowest BCUT2D eigenvalue weighted by Gasteiger charge is -2.25. The van der Waals surface area contributed by atoms with Gasteiger partial charge in [-0.15, -0.1) is 0 Å². The fourth-order valence-corrected chi connectivity index (χ4v) is 1.70. The average molecular weight is 270 g/mol. The Morgan fingerprint density at radius 1 is 1.53 bits per heavy atom. The van der Waals surface area contributed by atoms with Crippen LogP contribution in [0.25, 0.3) is 0 Å². The van der Waals surface area contributed by atoms with Crippen molar-refractivity contribution in [1.82, 2.24) is 5.32 Å². The van der Waals surface area contributed by atoms with Crippen LogP contribution in [0.5, 0.6) is 0 Å². The second-order valence-electron chi connectivity index (χ2n) is 5.51. The summed E-state index contributed by atoms with van der Waals surface area (Å²) in [6.07, 6.45) is 0.581. The van der Waals surface area contributed by atoms with Crippen LogP contribution in [0.15, 0.2) is 16.5 Å². The van der Waals surface area contributed by atoms with Crippen LogP contribution in [0.4, 0.5) is 5.88 Å². The molecule has 19 heavy (non-hydrogen) atoms. The highest BCUT2D eigenvalue weighted by Gasteiger charge is 2.23. The number of hydrogen-bond donors (Lipinski definition) is 2. The number of carbonyl (C=O) groups excluding carboxylic acids is 1. The summed E-state index contributed by atoms with van der Waals surface area (Å²) in [7, 11) is 0. The van der Waals surface area contributed by atoms with E-state index in [1.807, 2.05) is 20.8 Å². The maximum Gasteiger partial charge on any atom is 0.433 e. The molecule has 0 spiro atoms. The van der Waals surface area contributed by atoms with Crippen LogP contribution >= 0.6 is 0 Å². The molecule has 1 aromatic rings. The number of aliphatic hydroxyl groups is 1. The third kappa shape index (κ3) is 4.70. The van der Waals surface area contributed by atoms with Crippen LogP contribution in [0, 0.1) is 15.5 Å². The molecular weight excluding hydrogens is 252 g/mol. The zero-order chi connectivity index (χ0) is 14.6. The molecular formula is C12H18N2O5. The van der Waals surface area contributed by atoms with E-state index in [1.165, 1.54) is 6.07 Å². The third-order valence-corrected chi connectivity index (χ3v) is 2.41. The molecule has 1 rings (SSSR count). The fraction of sp³-hybridized carbons (Fsp3) is 0.583. The van der Waals surface area contributed by atoms with Crippen LogP contribution in [-0.2, 0) is 0 Å². The second kappa shape index (κ2) is 5.83. The molecule has 1 unspecified atom stereocenters. The smallest absolute Gasteiger partial charge is 0.395 e. The number of carbonyl (C=O) groups is 1. The lowest BCUT2D eigenvalue weighted by atomic mass is 9.88. The first kappa shape index (κ1) is 15.2. The molecule has 0 fully saturated rings. The first-order chi connectivity index (χ1) is 8.73. The van der Waals surface area contributed by atoms with E-state index >= 15 is 0 Å². The van der Waals surface area contributed by atoms with Gasteiger partial charge >= 0.3 is 5.88 Å². The van der Waals surface area contributed by atoms with Gasteiger partial charge < -0.3 is 14.8 Å². The molecule has 1 atom stereocenters. The number of nitro groups is 1. The highest BCUT2D eigenvalue weighted by molar-refractivity contribution is 5.91. The quantitative estimate of drug-likeness (QED) is 0.626. The lowest BCUT2D eigenvalue weighted by molar-refractivity contribution is -0.402. The Morgan fingerprint density at radius 2 is 2.16 bits per heavy atom. The Hall–Kier alpha value is -1.89. The zero-order valence-electron chi connectivity index (χ0n) is 11.2.